The standard InChI is InChI=1S/C6H8/c1-2-5-4-6(5)3-1/h1-2,5-6H,3-4H2/t5-,6+/m1/s1/i3D/t3-,5+,6-/m0. The molecule has 0 amide bonds. The zero-order chi connectivity index (χ0) is 4.85. The molecule has 1 saturated carbocycles. The maximum atomic E-state index is 7.29. The molecular weight excluding hydrogens is 72.1 g/mol. The third kappa shape index (κ3) is 0.204. The van der Waals surface area contributed by atoms with Crippen molar-refractivity contribution in [3.63, 3.8) is 0 Å². The minimum Gasteiger partial charge on any atom is -0.0880 e. The van der Waals surface area contributed by atoms with Gasteiger partial charge in [-0.25, -0.2) is 0 Å². The van der Waals surface area contributed by atoms with Gasteiger partial charge in [-0.3, -0.25) is 0 Å². The third-order valence-electron chi connectivity index (χ3n) is 1.61. The highest BCUT2D eigenvalue weighted by atomic mass is 14.4. The van der Waals surface area contributed by atoms with Crippen LogP contribution in [0.3, 0.4) is 0 Å². The second-order valence-corrected chi connectivity index (χ2v) is 2.14. The first-order valence-corrected chi connectivity index (χ1v) is 2.48. The summed E-state index contributed by atoms with van der Waals surface area (Å²) < 4.78 is 7.29. The molecule has 2 aliphatic carbocycles. The largest absolute Gasteiger partial charge is 0.0880 e. The van der Waals surface area contributed by atoms with E-state index in [9.17, 15) is 0 Å². The summed E-state index contributed by atoms with van der Waals surface area (Å²) in [4.78, 5) is 0. The van der Waals surface area contributed by atoms with Gasteiger partial charge in [0.15, 0.2) is 0 Å². The molecule has 32 valence electrons. The van der Waals surface area contributed by atoms with Crippen LogP contribution in [0.1, 0.15) is 14.2 Å². The molecule has 0 bridgehead atoms. The van der Waals surface area contributed by atoms with Gasteiger partial charge in [-0.2, -0.15) is 0 Å². The Kier molecular flexibility index (Phi) is 0.251. The SMILES string of the molecule is [2H][C@H]1C=C[C@@H]2C[C@@H]21. The van der Waals surface area contributed by atoms with Crippen molar-refractivity contribution in [3.8, 4) is 0 Å². The van der Waals surface area contributed by atoms with Crippen LogP contribution in [0.15, 0.2) is 12.2 Å². The number of allylic oxidation sites excluding steroid dienone is 2. The summed E-state index contributed by atoms with van der Waals surface area (Å²) in [5, 5.41) is 0. The van der Waals surface area contributed by atoms with Gasteiger partial charge in [0.25, 0.3) is 0 Å². The first-order valence-electron chi connectivity index (χ1n) is 3.06. The van der Waals surface area contributed by atoms with E-state index in [0.29, 0.717) is 0 Å². The number of fused-ring (bicyclic) bond motifs is 1. The quantitative estimate of drug-likeness (QED) is 0.388. The fraction of sp³-hybridized carbons (Fsp3) is 0.667. The molecule has 2 rings (SSSR count). The van der Waals surface area contributed by atoms with Gasteiger partial charge in [0.05, 0.1) is 0 Å². The molecule has 0 unspecified atom stereocenters. The zero-order valence-corrected chi connectivity index (χ0v) is 3.59. The van der Waals surface area contributed by atoms with Crippen molar-refractivity contribution in [1.29, 1.82) is 0 Å². The van der Waals surface area contributed by atoms with Crippen LogP contribution in [0.4, 0.5) is 0 Å². The lowest BCUT2D eigenvalue weighted by Gasteiger charge is -1.72. The molecule has 0 heterocycles. The summed E-state index contributed by atoms with van der Waals surface area (Å²) in [5.74, 6) is 1.56. The Bertz CT molecular complexity index is 117. The Labute approximate surface area is 39.3 Å². The molecule has 0 N–H and O–H groups in total. The van der Waals surface area contributed by atoms with Gasteiger partial charge in [-0.1, -0.05) is 12.2 Å². The molecule has 0 nitrogen and oxygen atoms in total. The van der Waals surface area contributed by atoms with Crippen molar-refractivity contribution < 1.29 is 1.37 Å². The summed E-state index contributed by atoms with van der Waals surface area (Å²) in [5.41, 5.74) is 0. The first-order chi connectivity index (χ1) is 3.38. The number of hydrogen-bond acceptors (Lipinski definition) is 0. The number of rotatable bonds is 0. The van der Waals surface area contributed by atoms with Crippen molar-refractivity contribution in [1.82, 2.24) is 0 Å². The highest BCUT2D eigenvalue weighted by Gasteiger charge is 2.36. The topological polar surface area (TPSA) is 0 Å². The van der Waals surface area contributed by atoms with Gasteiger partial charge >= 0.3 is 0 Å². The molecule has 0 aliphatic heterocycles. The van der Waals surface area contributed by atoms with Crippen LogP contribution < -0.4 is 0 Å². The maximum Gasteiger partial charge on any atom is 0.0313 e. The van der Waals surface area contributed by atoms with E-state index in [1.165, 1.54) is 6.42 Å². The van der Waals surface area contributed by atoms with Crippen LogP contribution in [0, 0.1) is 11.8 Å². The van der Waals surface area contributed by atoms with Gasteiger partial charge in [-0.15, -0.1) is 0 Å². The first kappa shape index (κ1) is 2.15. The van der Waals surface area contributed by atoms with Gasteiger partial charge in [-0.05, 0) is 24.7 Å². The molecule has 3 atom stereocenters. The Morgan fingerprint density at radius 1 is 1.83 bits per heavy atom. The van der Waals surface area contributed by atoms with Crippen molar-refractivity contribution >= 4 is 0 Å². The van der Waals surface area contributed by atoms with Crippen LogP contribution in [0.25, 0.3) is 0 Å². The van der Waals surface area contributed by atoms with Crippen molar-refractivity contribution in [3.05, 3.63) is 12.2 Å². The molecule has 2 aliphatic rings. The zero-order valence-electron chi connectivity index (χ0n) is 4.59. The van der Waals surface area contributed by atoms with Gasteiger partial charge in [0.1, 0.15) is 0 Å². The summed E-state index contributed by atoms with van der Waals surface area (Å²) in [6.45, 7) is 0. The molecule has 0 heteroatoms. The van der Waals surface area contributed by atoms with Crippen molar-refractivity contribution in [2.75, 3.05) is 0 Å². The Morgan fingerprint density at radius 3 is 3.00 bits per heavy atom. The van der Waals surface area contributed by atoms with E-state index in [1.54, 1.807) is 0 Å². The lowest BCUT2D eigenvalue weighted by Crippen LogP contribution is -1.61. The van der Waals surface area contributed by atoms with Crippen LogP contribution in [-0.2, 0) is 0 Å². The monoisotopic (exact) mass is 81.1 g/mol. The van der Waals surface area contributed by atoms with Gasteiger partial charge < -0.3 is 0 Å². The summed E-state index contributed by atoms with van der Waals surface area (Å²) in [7, 11) is 0. The Hall–Kier alpha value is -0.260. The Morgan fingerprint density at radius 2 is 2.83 bits per heavy atom. The van der Waals surface area contributed by atoms with E-state index >= 15 is 0 Å². The van der Waals surface area contributed by atoms with Crippen LogP contribution >= 0.6 is 0 Å². The fourth-order valence-corrected chi connectivity index (χ4v) is 1.03. The molecule has 0 aromatic carbocycles. The smallest absolute Gasteiger partial charge is 0.0313 e. The average molecular weight is 81.1 g/mol. The van der Waals surface area contributed by atoms with Gasteiger partial charge in [0.2, 0.25) is 0 Å². The second kappa shape index (κ2) is 0.699. The van der Waals surface area contributed by atoms with Crippen molar-refractivity contribution in [2.45, 2.75) is 12.8 Å². The highest BCUT2D eigenvalue weighted by molar-refractivity contribution is 5.11. The molecule has 0 aromatic heterocycles. The predicted molar refractivity (Wildman–Crippen MR) is 25.4 cm³/mol. The van der Waals surface area contributed by atoms with Crippen molar-refractivity contribution in [2.24, 2.45) is 11.8 Å². The lowest BCUT2D eigenvalue weighted by molar-refractivity contribution is 0.855. The van der Waals surface area contributed by atoms with Gasteiger partial charge in [0, 0.05) is 1.37 Å². The van der Waals surface area contributed by atoms with Crippen LogP contribution in [0.5, 0.6) is 0 Å². The molecule has 0 saturated heterocycles. The average Bonchev–Trinajstić information content (AvgIpc) is 2.33. The Balaban J connectivity index is 2.22. The summed E-state index contributed by atoms with van der Waals surface area (Å²) in [6.07, 6.45) is 5.65. The number of hydrogen-bond donors (Lipinski definition) is 0. The molecule has 0 aromatic rings. The molecular formula is C6H8. The van der Waals surface area contributed by atoms with E-state index in [-0.39, 0.29) is 6.40 Å². The highest BCUT2D eigenvalue weighted by Crippen LogP contribution is 2.46. The van der Waals surface area contributed by atoms with E-state index in [1.807, 2.05) is 6.08 Å². The predicted octanol–water partition coefficient (Wildman–Crippen LogP) is 1.58. The molecule has 0 spiro atoms. The summed E-state index contributed by atoms with van der Waals surface area (Å²) >= 11 is 0. The van der Waals surface area contributed by atoms with E-state index in [2.05, 4.69) is 6.08 Å². The minimum atomic E-state index is 0.157. The van der Waals surface area contributed by atoms with Crippen LogP contribution in [0.2, 0.25) is 0 Å². The van der Waals surface area contributed by atoms with E-state index < -0.39 is 0 Å². The molecule has 0 radical (unpaired) electrons. The normalized spacial score (nSPS) is 64.0. The fourth-order valence-electron chi connectivity index (χ4n) is 1.03. The van der Waals surface area contributed by atoms with E-state index in [4.69, 9.17) is 1.37 Å². The third-order valence-corrected chi connectivity index (χ3v) is 1.61. The lowest BCUT2D eigenvalue weighted by atomic mass is 10.3. The van der Waals surface area contributed by atoms with E-state index in [0.717, 1.165) is 11.8 Å². The molecule has 1 fully saturated rings. The van der Waals surface area contributed by atoms with Crippen LogP contribution in [-0.4, -0.2) is 0 Å². The maximum absolute atomic E-state index is 7.29. The molecule has 6 heavy (non-hydrogen) atoms. The summed E-state index contributed by atoms with van der Waals surface area (Å²) in [6, 6.07) is 0. The second-order valence-electron chi connectivity index (χ2n) is 2.14. The minimum absolute atomic E-state index is 0.157.